The summed E-state index contributed by atoms with van der Waals surface area (Å²) in [6.07, 6.45) is 1.39. The molecule has 0 fully saturated rings. The lowest BCUT2D eigenvalue weighted by molar-refractivity contribution is -0.116. The minimum atomic E-state index is -0.246. The number of pyridine rings is 1. The molecule has 0 radical (unpaired) electrons. The van der Waals surface area contributed by atoms with Crippen LogP contribution >= 0.6 is 0 Å². The van der Waals surface area contributed by atoms with Crippen LogP contribution in [0.2, 0.25) is 0 Å². The molecule has 1 aromatic heterocycles. The summed E-state index contributed by atoms with van der Waals surface area (Å²) in [7, 11) is 0. The Kier molecular flexibility index (Phi) is 6.89. The van der Waals surface area contributed by atoms with Gasteiger partial charge in [0, 0.05) is 11.3 Å². The van der Waals surface area contributed by atoms with E-state index in [1.54, 1.807) is 16.7 Å². The number of hydrogen-bond acceptors (Lipinski definition) is 3. The van der Waals surface area contributed by atoms with Gasteiger partial charge in [-0.1, -0.05) is 42.5 Å². The Balaban J connectivity index is 1.60. The number of nitrogens with one attached hydrogen (secondary N) is 1. The molecule has 33 heavy (non-hydrogen) atoms. The summed E-state index contributed by atoms with van der Waals surface area (Å²) in [5, 5.41) is 3.85. The second-order valence-corrected chi connectivity index (χ2v) is 8.11. The van der Waals surface area contributed by atoms with Gasteiger partial charge in [0.05, 0.1) is 12.1 Å². The van der Waals surface area contributed by atoms with Crippen LogP contribution < -0.4 is 15.6 Å². The molecule has 1 N–H and O–H groups in total. The Morgan fingerprint density at radius 2 is 1.70 bits per heavy atom. The van der Waals surface area contributed by atoms with Crippen molar-refractivity contribution in [3.8, 4) is 5.75 Å². The van der Waals surface area contributed by atoms with E-state index in [1.165, 1.54) is 5.56 Å². The van der Waals surface area contributed by atoms with Crippen LogP contribution in [0.3, 0.4) is 0 Å². The number of nitrogens with zero attached hydrogens (tertiary/aromatic N) is 1. The number of aromatic nitrogens is 1. The fourth-order valence-electron chi connectivity index (χ4n) is 3.95. The number of carbonyl (C=O) groups is 1. The Hall–Kier alpha value is -3.86. The highest BCUT2D eigenvalue weighted by Gasteiger charge is 2.13. The minimum Gasteiger partial charge on any atom is -0.494 e. The smallest absolute Gasteiger partial charge is 0.254 e. The van der Waals surface area contributed by atoms with E-state index in [0.29, 0.717) is 24.3 Å². The van der Waals surface area contributed by atoms with E-state index >= 15 is 0 Å². The first-order valence-electron chi connectivity index (χ1n) is 11.2. The summed E-state index contributed by atoms with van der Waals surface area (Å²) < 4.78 is 7.04. The molecule has 0 saturated heterocycles. The Morgan fingerprint density at radius 3 is 2.42 bits per heavy atom. The van der Waals surface area contributed by atoms with E-state index in [2.05, 4.69) is 17.4 Å². The number of anilines is 1. The zero-order valence-electron chi connectivity index (χ0n) is 19.0. The summed E-state index contributed by atoms with van der Waals surface area (Å²) in [6.45, 7) is 4.44. The van der Waals surface area contributed by atoms with Crippen LogP contribution in [0.4, 0.5) is 5.69 Å². The van der Waals surface area contributed by atoms with Crippen molar-refractivity contribution >= 4 is 22.5 Å². The normalized spacial score (nSPS) is 10.8. The second kappa shape index (κ2) is 10.2. The lowest BCUT2D eigenvalue weighted by Gasteiger charge is -2.14. The fraction of sp³-hybridized carbons (Fsp3) is 0.214. The Bertz CT molecular complexity index is 1310. The molecule has 3 aromatic carbocycles. The molecule has 4 rings (SSSR count). The third kappa shape index (κ3) is 5.50. The SMILES string of the molecule is CCOc1ccc(NC(=O)Cn2c(=O)c(CCc3ccccc3)cc3ccc(C)cc32)cc1. The van der Waals surface area contributed by atoms with Gasteiger partial charge < -0.3 is 10.1 Å². The molecule has 0 saturated carbocycles. The summed E-state index contributed by atoms with van der Waals surface area (Å²) in [5.74, 6) is 0.503. The largest absolute Gasteiger partial charge is 0.494 e. The maximum atomic E-state index is 13.4. The quantitative estimate of drug-likeness (QED) is 0.413. The molecule has 0 unspecified atom stereocenters. The molecule has 5 nitrogen and oxygen atoms in total. The molecule has 168 valence electrons. The average molecular weight is 441 g/mol. The van der Waals surface area contributed by atoms with Gasteiger partial charge in [0.15, 0.2) is 0 Å². The highest BCUT2D eigenvalue weighted by molar-refractivity contribution is 5.92. The maximum Gasteiger partial charge on any atom is 0.254 e. The van der Waals surface area contributed by atoms with E-state index in [-0.39, 0.29) is 18.0 Å². The van der Waals surface area contributed by atoms with E-state index in [4.69, 9.17) is 4.74 Å². The highest BCUT2D eigenvalue weighted by Crippen LogP contribution is 2.18. The number of carbonyl (C=O) groups excluding carboxylic acids is 1. The number of hydrogen-bond donors (Lipinski definition) is 1. The lowest BCUT2D eigenvalue weighted by atomic mass is 10.0. The monoisotopic (exact) mass is 440 g/mol. The number of rotatable bonds is 8. The van der Waals surface area contributed by atoms with Crippen LogP contribution in [-0.2, 0) is 24.2 Å². The van der Waals surface area contributed by atoms with Crippen LogP contribution in [0, 0.1) is 6.92 Å². The van der Waals surface area contributed by atoms with Gasteiger partial charge in [-0.2, -0.15) is 0 Å². The first-order chi connectivity index (χ1) is 16.0. The molecular formula is C28H28N2O3. The lowest BCUT2D eigenvalue weighted by Crippen LogP contribution is -2.30. The molecule has 0 bridgehead atoms. The number of aryl methyl sites for hydroxylation is 3. The molecule has 4 aromatic rings. The Morgan fingerprint density at radius 1 is 0.939 bits per heavy atom. The molecule has 0 aliphatic rings. The molecular weight excluding hydrogens is 412 g/mol. The van der Waals surface area contributed by atoms with Crippen molar-refractivity contribution in [1.82, 2.24) is 4.57 Å². The molecule has 0 spiro atoms. The predicted octanol–water partition coefficient (Wildman–Crippen LogP) is 5.13. The van der Waals surface area contributed by atoms with E-state index in [9.17, 15) is 9.59 Å². The zero-order chi connectivity index (χ0) is 23.2. The summed E-state index contributed by atoms with van der Waals surface area (Å²) in [6, 6.07) is 25.3. The van der Waals surface area contributed by atoms with Gasteiger partial charge in [-0.3, -0.25) is 14.2 Å². The van der Waals surface area contributed by atoms with Crippen molar-refractivity contribution in [2.24, 2.45) is 0 Å². The summed E-state index contributed by atoms with van der Waals surface area (Å²) >= 11 is 0. The van der Waals surface area contributed by atoms with Gasteiger partial charge >= 0.3 is 0 Å². The van der Waals surface area contributed by atoms with Crippen molar-refractivity contribution < 1.29 is 9.53 Å². The van der Waals surface area contributed by atoms with Gasteiger partial charge in [0.2, 0.25) is 5.91 Å². The van der Waals surface area contributed by atoms with Crippen molar-refractivity contribution in [1.29, 1.82) is 0 Å². The van der Waals surface area contributed by atoms with Gasteiger partial charge in [0.25, 0.3) is 5.56 Å². The number of amides is 1. The van der Waals surface area contributed by atoms with Crippen molar-refractivity contribution in [3.63, 3.8) is 0 Å². The highest BCUT2D eigenvalue weighted by atomic mass is 16.5. The first kappa shape index (κ1) is 22.3. The van der Waals surface area contributed by atoms with Crippen LogP contribution in [0.25, 0.3) is 10.9 Å². The molecule has 5 heteroatoms. The molecule has 0 aliphatic carbocycles. The molecule has 0 atom stereocenters. The van der Waals surface area contributed by atoms with Crippen LogP contribution in [-0.4, -0.2) is 17.1 Å². The van der Waals surface area contributed by atoms with E-state index in [1.807, 2.05) is 68.4 Å². The van der Waals surface area contributed by atoms with Crippen molar-refractivity contribution in [3.05, 3.63) is 106 Å². The fourth-order valence-corrected chi connectivity index (χ4v) is 3.95. The van der Waals surface area contributed by atoms with Crippen molar-refractivity contribution in [2.45, 2.75) is 33.2 Å². The number of ether oxygens (including phenoxy) is 1. The van der Waals surface area contributed by atoms with Gasteiger partial charge in [-0.15, -0.1) is 0 Å². The average Bonchev–Trinajstić information content (AvgIpc) is 2.82. The first-order valence-corrected chi connectivity index (χ1v) is 11.2. The molecule has 1 amide bonds. The molecule has 0 aliphatic heterocycles. The van der Waals surface area contributed by atoms with Crippen molar-refractivity contribution in [2.75, 3.05) is 11.9 Å². The molecule has 1 heterocycles. The summed E-state index contributed by atoms with van der Waals surface area (Å²) in [5.41, 5.74) is 4.25. The Labute approximate surface area is 193 Å². The summed E-state index contributed by atoms with van der Waals surface area (Å²) in [4.78, 5) is 26.2. The van der Waals surface area contributed by atoms with E-state index in [0.717, 1.165) is 28.6 Å². The second-order valence-electron chi connectivity index (χ2n) is 8.11. The third-order valence-electron chi connectivity index (χ3n) is 5.60. The van der Waals surface area contributed by atoms with Gasteiger partial charge in [-0.25, -0.2) is 0 Å². The van der Waals surface area contributed by atoms with Crippen LogP contribution in [0.1, 0.15) is 23.6 Å². The number of fused-ring (bicyclic) bond motifs is 1. The van der Waals surface area contributed by atoms with Gasteiger partial charge in [-0.05, 0) is 79.6 Å². The predicted molar refractivity (Wildman–Crippen MR) is 133 cm³/mol. The topological polar surface area (TPSA) is 60.3 Å². The van der Waals surface area contributed by atoms with Crippen LogP contribution in [0.15, 0.2) is 83.7 Å². The van der Waals surface area contributed by atoms with Crippen LogP contribution in [0.5, 0.6) is 5.75 Å². The van der Waals surface area contributed by atoms with E-state index < -0.39 is 0 Å². The third-order valence-corrected chi connectivity index (χ3v) is 5.60. The zero-order valence-corrected chi connectivity index (χ0v) is 19.0. The van der Waals surface area contributed by atoms with Gasteiger partial charge in [0.1, 0.15) is 12.3 Å². The minimum absolute atomic E-state index is 0.0504. The number of benzene rings is 3. The standard InChI is InChI=1S/C28H28N2O3/c1-3-33-25-15-13-24(14-16-25)29-27(31)19-30-26-17-20(2)9-11-22(26)18-23(28(30)32)12-10-21-7-5-4-6-8-21/h4-9,11,13-18H,3,10,12,19H2,1-2H3,(H,29,31). The maximum absolute atomic E-state index is 13.4.